The number of allylic oxidation sites excluding steroid dienone is 1. The standard InChI is InChI=1S/C27H32N4O4/c1-5-33-22-14-12-20(13-15-22)24-23(26-29-25(30-35-26)21-10-7-6-8-11-21)19(4)31(27(32)28-24)16-9-17-34-18(2)3/h6-8,10-15,18,24H,5,9,16-17H2,1-4H3,(H,28,32). The van der Waals surface area contributed by atoms with E-state index in [1.165, 1.54) is 0 Å². The SMILES string of the molecule is CCOc1ccc(C2NC(=O)N(CCCOC(C)C)C(C)=C2c2nc(-c3ccccc3)no2)cc1. The molecule has 1 atom stereocenters. The van der Waals surface area contributed by atoms with Gasteiger partial charge in [-0.05, 0) is 51.8 Å². The summed E-state index contributed by atoms with van der Waals surface area (Å²) >= 11 is 0. The van der Waals surface area contributed by atoms with Gasteiger partial charge in [-0.3, -0.25) is 4.90 Å². The first-order valence-electron chi connectivity index (χ1n) is 12.0. The molecule has 8 nitrogen and oxygen atoms in total. The molecule has 2 aromatic carbocycles. The largest absolute Gasteiger partial charge is 0.494 e. The van der Waals surface area contributed by atoms with E-state index in [0.29, 0.717) is 37.9 Å². The smallest absolute Gasteiger partial charge is 0.322 e. The number of benzene rings is 2. The lowest BCUT2D eigenvalue weighted by molar-refractivity contribution is 0.0736. The third-order valence-electron chi connectivity index (χ3n) is 5.79. The van der Waals surface area contributed by atoms with Gasteiger partial charge in [0.05, 0.1) is 24.3 Å². The van der Waals surface area contributed by atoms with Crippen LogP contribution < -0.4 is 10.1 Å². The molecular formula is C27H32N4O4. The lowest BCUT2D eigenvalue weighted by Gasteiger charge is -2.35. The molecule has 0 saturated carbocycles. The van der Waals surface area contributed by atoms with Crippen molar-refractivity contribution in [2.75, 3.05) is 19.8 Å². The van der Waals surface area contributed by atoms with Crippen molar-refractivity contribution in [3.8, 4) is 17.1 Å². The fraction of sp³-hybridized carbons (Fsp3) is 0.370. The number of ether oxygens (including phenoxy) is 2. The van der Waals surface area contributed by atoms with Crippen molar-refractivity contribution in [3.63, 3.8) is 0 Å². The minimum atomic E-state index is -0.439. The number of carbonyl (C=O) groups is 1. The van der Waals surface area contributed by atoms with Gasteiger partial charge in [-0.15, -0.1) is 0 Å². The number of amides is 2. The van der Waals surface area contributed by atoms with Gasteiger partial charge in [0.25, 0.3) is 5.89 Å². The van der Waals surface area contributed by atoms with Crippen molar-refractivity contribution < 1.29 is 18.8 Å². The highest BCUT2D eigenvalue weighted by Crippen LogP contribution is 2.37. The van der Waals surface area contributed by atoms with Gasteiger partial charge in [0.1, 0.15) is 5.75 Å². The quantitative estimate of drug-likeness (QED) is 0.392. The van der Waals surface area contributed by atoms with Gasteiger partial charge < -0.3 is 19.3 Å². The number of aromatic nitrogens is 2. The molecule has 8 heteroatoms. The molecule has 35 heavy (non-hydrogen) atoms. The molecule has 1 aliphatic rings. The number of urea groups is 1. The Hall–Kier alpha value is -3.65. The zero-order valence-corrected chi connectivity index (χ0v) is 20.7. The zero-order chi connectivity index (χ0) is 24.8. The van der Waals surface area contributed by atoms with Crippen LogP contribution in [0.5, 0.6) is 5.75 Å². The first-order chi connectivity index (χ1) is 17.0. The van der Waals surface area contributed by atoms with Crippen LogP contribution in [0.25, 0.3) is 17.0 Å². The number of nitrogens with zero attached hydrogens (tertiary/aromatic N) is 3. The first kappa shape index (κ1) is 24.5. The normalized spacial score (nSPS) is 16.1. The van der Waals surface area contributed by atoms with Crippen LogP contribution >= 0.6 is 0 Å². The molecule has 1 unspecified atom stereocenters. The van der Waals surface area contributed by atoms with Crippen LogP contribution in [0.15, 0.2) is 64.8 Å². The summed E-state index contributed by atoms with van der Waals surface area (Å²) in [5.41, 5.74) is 3.31. The van der Waals surface area contributed by atoms with E-state index in [2.05, 4.69) is 10.5 Å². The van der Waals surface area contributed by atoms with Crippen molar-refractivity contribution in [2.45, 2.75) is 46.3 Å². The number of hydrogen-bond donors (Lipinski definition) is 1. The zero-order valence-electron chi connectivity index (χ0n) is 20.7. The highest BCUT2D eigenvalue weighted by Gasteiger charge is 2.35. The molecule has 4 rings (SSSR count). The molecule has 2 heterocycles. The van der Waals surface area contributed by atoms with Gasteiger partial charge in [-0.1, -0.05) is 47.6 Å². The Labute approximate surface area is 205 Å². The summed E-state index contributed by atoms with van der Waals surface area (Å²) in [6.45, 7) is 9.54. The van der Waals surface area contributed by atoms with E-state index in [1.807, 2.05) is 82.3 Å². The second-order valence-corrected chi connectivity index (χ2v) is 8.60. The van der Waals surface area contributed by atoms with Crippen LogP contribution in [-0.4, -0.2) is 46.9 Å². The second-order valence-electron chi connectivity index (χ2n) is 8.60. The van der Waals surface area contributed by atoms with Gasteiger partial charge in [0.15, 0.2) is 0 Å². The van der Waals surface area contributed by atoms with Crippen molar-refractivity contribution in [1.82, 2.24) is 20.4 Å². The van der Waals surface area contributed by atoms with E-state index in [1.54, 1.807) is 4.90 Å². The molecule has 2 amide bonds. The van der Waals surface area contributed by atoms with E-state index >= 15 is 0 Å². The molecule has 1 aromatic heterocycles. The first-order valence-corrected chi connectivity index (χ1v) is 12.0. The van der Waals surface area contributed by atoms with E-state index in [4.69, 9.17) is 19.0 Å². The minimum Gasteiger partial charge on any atom is -0.494 e. The Morgan fingerprint density at radius 2 is 1.86 bits per heavy atom. The van der Waals surface area contributed by atoms with Crippen LogP contribution in [0.3, 0.4) is 0 Å². The monoisotopic (exact) mass is 476 g/mol. The lowest BCUT2D eigenvalue weighted by Crippen LogP contribution is -2.46. The van der Waals surface area contributed by atoms with Gasteiger partial charge in [-0.2, -0.15) is 4.98 Å². The van der Waals surface area contributed by atoms with Crippen molar-refractivity contribution in [2.24, 2.45) is 0 Å². The maximum Gasteiger partial charge on any atom is 0.322 e. The van der Waals surface area contributed by atoms with Crippen molar-refractivity contribution in [3.05, 3.63) is 71.7 Å². The van der Waals surface area contributed by atoms with Gasteiger partial charge in [-0.25, -0.2) is 4.79 Å². The molecule has 0 spiro atoms. The third kappa shape index (κ3) is 5.71. The molecule has 1 aliphatic heterocycles. The highest BCUT2D eigenvalue weighted by molar-refractivity contribution is 5.86. The van der Waals surface area contributed by atoms with E-state index in [9.17, 15) is 4.79 Å². The van der Waals surface area contributed by atoms with Crippen molar-refractivity contribution in [1.29, 1.82) is 0 Å². The van der Waals surface area contributed by atoms with E-state index in [0.717, 1.165) is 28.1 Å². The van der Waals surface area contributed by atoms with Gasteiger partial charge in [0, 0.05) is 24.4 Å². The fourth-order valence-corrected chi connectivity index (χ4v) is 4.08. The number of rotatable bonds is 10. The molecule has 184 valence electrons. The topological polar surface area (TPSA) is 89.7 Å². The molecule has 0 aliphatic carbocycles. The highest BCUT2D eigenvalue weighted by atomic mass is 16.5. The lowest BCUT2D eigenvalue weighted by atomic mass is 9.94. The number of nitrogens with one attached hydrogen (secondary N) is 1. The molecule has 0 radical (unpaired) electrons. The number of carbonyl (C=O) groups excluding carboxylic acids is 1. The average molecular weight is 477 g/mol. The van der Waals surface area contributed by atoms with Gasteiger partial charge in [0.2, 0.25) is 5.82 Å². The molecule has 0 bridgehead atoms. The van der Waals surface area contributed by atoms with Crippen LogP contribution in [0, 0.1) is 0 Å². The summed E-state index contributed by atoms with van der Waals surface area (Å²) in [4.78, 5) is 19.6. The Balaban J connectivity index is 1.69. The molecular weight excluding hydrogens is 444 g/mol. The summed E-state index contributed by atoms with van der Waals surface area (Å²) in [6.07, 6.45) is 0.861. The predicted molar refractivity (Wildman–Crippen MR) is 134 cm³/mol. The summed E-state index contributed by atoms with van der Waals surface area (Å²) in [5, 5.41) is 7.34. The van der Waals surface area contributed by atoms with E-state index in [-0.39, 0.29) is 12.1 Å². The molecule has 0 fully saturated rings. The summed E-state index contributed by atoms with van der Waals surface area (Å²) in [6, 6.07) is 16.8. The maximum absolute atomic E-state index is 13.1. The van der Waals surface area contributed by atoms with Crippen LogP contribution in [0.4, 0.5) is 4.79 Å². The van der Waals surface area contributed by atoms with Crippen molar-refractivity contribution >= 4 is 11.6 Å². The Morgan fingerprint density at radius 1 is 1.11 bits per heavy atom. The summed E-state index contributed by atoms with van der Waals surface area (Å²) < 4.78 is 17.0. The van der Waals surface area contributed by atoms with Crippen LogP contribution in [0.1, 0.15) is 51.6 Å². The molecule has 3 aromatic rings. The van der Waals surface area contributed by atoms with Gasteiger partial charge >= 0.3 is 6.03 Å². The van der Waals surface area contributed by atoms with Crippen LogP contribution in [0.2, 0.25) is 0 Å². The summed E-state index contributed by atoms with van der Waals surface area (Å²) in [7, 11) is 0. The fourth-order valence-electron chi connectivity index (χ4n) is 4.08. The Bertz CT molecular complexity index is 1160. The van der Waals surface area contributed by atoms with Crippen LogP contribution in [-0.2, 0) is 4.74 Å². The third-order valence-corrected chi connectivity index (χ3v) is 5.79. The Kier molecular flexibility index (Phi) is 7.82. The summed E-state index contributed by atoms with van der Waals surface area (Å²) in [5.74, 6) is 1.65. The Morgan fingerprint density at radius 3 is 2.54 bits per heavy atom. The molecule has 0 saturated heterocycles. The molecule has 1 N–H and O–H groups in total. The predicted octanol–water partition coefficient (Wildman–Crippen LogP) is 5.45. The van der Waals surface area contributed by atoms with E-state index < -0.39 is 6.04 Å². The average Bonchev–Trinajstić information content (AvgIpc) is 3.34. The second kappa shape index (κ2) is 11.2. The minimum absolute atomic E-state index is 0.149. The number of hydrogen-bond acceptors (Lipinski definition) is 6. The maximum atomic E-state index is 13.1.